The average Bonchev–Trinajstić information content (AvgIpc) is 2.38. The van der Waals surface area contributed by atoms with E-state index >= 15 is 0 Å². The number of halogens is 4. The Morgan fingerprint density at radius 1 is 1.20 bits per heavy atom. The third-order valence-electron chi connectivity index (χ3n) is 3.06. The molecule has 0 aliphatic carbocycles. The van der Waals surface area contributed by atoms with Crippen molar-refractivity contribution in [2.24, 2.45) is 0 Å². The second-order valence-corrected chi connectivity index (χ2v) is 5.82. The second-order valence-electron chi connectivity index (χ2n) is 4.50. The molecule has 0 bridgehead atoms. The first kappa shape index (κ1) is 15.4. The van der Waals surface area contributed by atoms with Crippen LogP contribution in [-0.4, -0.2) is 7.05 Å². The van der Waals surface area contributed by atoms with E-state index in [1.165, 1.54) is 24.3 Å². The number of nitrogens with one attached hydrogen (secondary N) is 1. The molecule has 0 amide bonds. The van der Waals surface area contributed by atoms with Crippen molar-refractivity contribution in [3.8, 4) is 0 Å². The van der Waals surface area contributed by atoms with E-state index in [1.807, 2.05) is 6.07 Å². The highest BCUT2D eigenvalue weighted by molar-refractivity contribution is 9.10. The van der Waals surface area contributed by atoms with Crippen molar-refractivity contribution in [2.75, 3.05) is 7.05 Å². The molecule has 0 saturated heterocycles. The maximum absolute atomic E-state index is 13.5. The number of benzene rings is 2. The smallest absolute Gasteiger partial charge is 0.142 e. The maximum atomic E-state index is 13.5. The Hall–Kier alpha value is -0.970. The van der Waals surface area contributed by atoms with Crippen LogP contribution in [0.1, 0.15) is 17.2 Å². The molecule has 20 heavy (non-hydrogen) atoms. The minimum Gasteiger partial charge on any atom is -0.313 e. The normalized spacial score (nSPS) is 12.4. The van der Waals surface area contributed by atoms with Gasteiger partial charge in [-0.3, -0.25) is 0 Å². The fraction of sp³-hybridized carbons (Fsp3) is 0.200. The van der Waals surface area contributed by atoms with Crippen molar-refractivity contribution in [1.29, 1.82) is 0 Å². The van der Waals surface area contributed by atoms with E-state index in [1.54, 1.807) is 13.1 Å². The van der Waals surface area contributed by atoms with Gasteiger partial charge in [0.05, 0.1) is 5.02 Å². The molecular weight excluding hydrogens is 348 g/mol. The van der Waals surface area contributed by atoms with Crippen LogP contribution >= 0.6 is 27.5 Å². The summed E-state index contributed by atoms with van der Waals surface area (Å²) in [6, 6.07) is 9.30. The number of hydrogen-bond acceptors (Lipinski definition) is 1. The maximum Gasteiger partial charge on any atom is 0.142 e. The monoisotopic (exact) mass is 359 g/mol. The molecule has 0 aliphatic heterocycles. The highest BCUT2D eigenvalue weighted by atomic mass is 79.9. The van der Waals surface area contributed by atoms with Crippen LogP contribution in [0, 0.1) is 11.6 Å². The summed E-state index contributed by atoms with van der Waals surface area (Å²) in [6.07, 6.45) is 0.550. The van der Waals surface area contributed by atoms with Gasteiger partial charge in [0, 0.05) is 10.5 Å². The van der Waals surface area contributed by atoms with Gasteiger partial charge in [-0.2, -0.15) is 0 Å². The molecule has 0 aliphatic rings. The first-order valence-corrected chi connectivity index (χ1v) is 7.24. The van der Waals surface area contributed by atoms with Gasteiger partial charge in [0.1, 0.15) is 11.6 Å². The summed E-state index contributed by atoms with van der Waals surface area (Å²) in [5, 5.41) is 3.20. The number of rotatable bonds is 4. The van der Waals surface area contributed by atoms with Crippen molar-refractivity contribution in [3.63, 3.8) is 0 Å². The summed E-state index contributed by atoms with van der Waals surface area (Å²) in [5.41, 5.74) is 1.60. The Bertz CT molecular complexity index is 599. The molecule has 106 valence electrons. The predicted molar refractivity (Wildman–Crippen MR) is 81.0 cm³/mol. The fourth-order valence-electron chi connectivity index (χ4n) is 2.08. The molecule has 2 aromatic carbocycles. The third-order valence-corrected chi connectivity index (χ3v) is 3.82. The topological polar surface area (TPSA) is 12.0 Å². The van der Waals surface area contributed by atoms with Gasteiger partial charge in [-0.15, -0.1) is 0 Å². The number of likely N-dealkylation sites (N-methyl/N-ethyl adjacent to an activating group) is 1. The Morgan fingerprint density at radius 3 is 2.55 bits per heavy atom. The second kappa shape index (κ2) is 6.66. The number of hydrogen-bond donors (Lipinski definition) is 1. The zero-order valence-corrected chi connectivity index (χ0v) is 13.1. The van der Waals surface area contributed by atoms with Crippen molar-refractivity contribution in [2.45, 2.75) is 12.5 Å². The van der Waals surface area contributed by atoms with Crippen LogP contribution in [0.5, 0.6) is 0 Å². The van der Waals surface area contributed by atoms with E-state index in [0.717, 1.165) is 11.1 Å². The highest BCUT2D eigenvalue weighted by Crippen LogP contribution is 2.24. The van der Waals surface area contributed by atoms with Crippen molar-refractivity contribution in [3.05, 3.63) is 68.7 Å². The Morgan fingerprint density at radius 2 is 1.95 bits per heavy atom. The van der Waals surface area contributed by atoms with Gasteiger partial charge in [-0.05, 0) is 54.9 Å². The van der Waals surface area contributed by atoms with Gasteiger partial charge in [0.15, 0.2) is 0 Å². The largest absolute Gasteiger partial charge is 0.313 e. The lowest BCUT2D eigenvalue weighted by Crippen LogP contribution is -2.19. The molecule has 2 rings (SSSR count). The van der Waals surface area contributed by atoms with Gasteiger partial charge in [0.2, 0.25) is 0 Å². The van der Waals surface area contributed by atoms with Gasteiger partial charge >= 0.3 is 0 Å². The third kappa shape index (κ3) is 3.78. The predicted octanol–water partition coefficient (Wildman–Crippen LogP) is 4.88. The lowest BCUT2D eigenvalue weighted by Gasteiger charge is -2.17. The lowest BCUT2D eigenvalue weighted by atomic mass is 9.99. The van der Waals surface area contributed by atoms with Crippen LogP contribution in [0.2, 0.25) is 5.02 Å². The molecule has 2 aromatic rings. The summed E-state index contributed by atoms with van der Waals surface area (Å²) >= 11 is 8.94. The molecule has 0 spiro atoms. The van der Waals surface area contributed by atoms with Crippen LogP contribution < -0.4 is 5.32 Å². The molecule has 1 unspecified atom stereocenters. The van der Waals surface area contributed by atoms with E-state index in [2.05, 4.69) is 21.2 Å². The van der Waals surface area contributed by atoms with Crippen LogP contribution in [0.4, 0.5) is 8.78 Å². The Labute approximate surface area is 130 Å². The van der Waals surface area contributed by atoms with Gasteiger partial charge in [0.25, 0.3) is 0 Å². The van der Waals surface area contributed by atoms with E-state index in [9.17, 15) is 8.78 Å². The molecule has 1 nitrogen and oxygen atoms in total. The molecule has 1 N–H and O–H groups in total. The standard InChI is InChI=1S/C15H13BrClF2N/c1-20-15(10-2-3-13(17)14(19)7-10)6-9-4-11(16)8-12(18)5-9/h2-5,7-8,15,20H,6H2,1H3. The van der Waals surface area contributed by atoms with Gasteiger partial charge in [-0.25, -0.2) is 8.78 Å². The van der Waals surface area contributed by atoms with E-state index in [4.69, 9.17) is 11.6 Å². The molecule has 0 aromatic heterocycles. The van der Waals surface area contributed by atoms with Gasteiger partial charge in [-0.1, -0.05) is 33.6 Å². The van der Waals surface area contributed by atoms with Crippen molar-refractivity contribution in [1.82, 2.24) is 5.32 Å². The summed E-state index contributed by atoms with van der Waals surface area (Å²) < 4.78 is 27.6. The molecule has 5 heteroatoms. The average molecular weight is 361 g/mol. The molecule has 0 radical (unpaired) electrons. The summed E-state index contributed by atoms with van der Waals surface area (Å²) in [4.78, 5) is 0. The molecule has 0 fully saturated rings. The summed E-state index contributed by atoms with van der Waals surface area (Å²) in [7, 11) is 1.78. The first-order valence-electron chi connectivity index (χ1n) is 6.07. The van der Waals surface area contributed by atoms with Crippen LogP contribution in [0.3, 0.4) is 0 Å². The molecule has 1 atom stereocenters. The zero-order chi connectivity index (χ0) is 14.7. The van der Waals surface area contributed by atoms with Crippen molar-refractivity contribution >= 4 is 27.5 Å². The molecular formula is C15H13BrClF2N. The summed E-state index contributed by atoms with van der Waals surface area (Å²) in [5.74, 6) is -0.753. The van der Waals surface area contributed by atoms with E-state index < -0.39 is 5.82 Å². The minimum atomic E-state index is -0.454. The highest BCUT2D eigenvalue weighted by Gasteiger charge is 2.13. The minimum absolute atomic E-state index is 0.0945. The lowest BCUT2D eigenvalue weighted by molar-refractivity contribution is 0.572. The van der Waals surface area contributed by atoms with Crippen LogP contribution in [0.15, 0.2) is 40.9 Å². The van der Waals surface area contributed by atoms with Crippen molar-refractivity contribution < 1.29 is 8.78 Å². The zero-order valence-electron chi connectivity index (χ0n) is 10.8. The van der Waals surface area contributed by atoms with Gasteiger partial charge < -0.3 is 5.32 Å². The summed E-state index contributed by atoms with van der Waals surface area (Å²) in [6.45, 7) is 0. The Kier molecular flexibility index (Phi) is 5.13. The SMILES string of the molecule is CNC(Cc1cc(F)cc(Br)c1)c1ccc(Cl)c(F)c1. The van der Waals surface area contributed by atoms with Crippen LogP contribution in [0.25, 0.3) is 0 Å². The Balaban J connectivity index is 2.26. The van der Waals surface area contributed by atoms with E-state index in [0.29, 0.717) is 10.9 Å². The fourth-order valence-corrected chi connectivity index (χ4v) is 2.71. The molecule has 0 saturated carbocycles. The van der Waals surface area contributed by atoms with Crippen LogP contribution in [-0.2, 0) is 6.42 Å². The van der Waals surface area contributed by atoms with E-state index in [-0.39, 0.29) is 16.9 Å². The first-order chi connectivity index (χ1) is 9.49. The quantitative estimate of drug-likeness (QED) is 0.819. The molecule has 0 heterocycles.